The molecule has 0 bridgehead atoms. The highest BCUT2D eigenvalue weighted by Crippen LogP contribution is 2.48. The van der Waals surface area contributed by atoms with Crippen LogP contribution < -0.4 is 26.9 Å². The quantitative estimate of drug-likeness (QED) is 0.288. The Morgan fingerprint density at radius 1 is 0.474 bits per heavy atom. The summed E-state index contributed by atoms with van der Waals surface area (Å²) in [6.07, 6.45) is -0.763. The zero-order valence-corrected chi connectivity index (χ0v) is 22.2. The Hall–Kier alpha value is -4.05. The average Bonchev–Trinajstić information content (AvgIpc) is 3.17. The molecule has 0 saturated carbocycles. The average molecular weight is 544 g/mol. The maximum absolute atomic E-state index is 14.5. The molecular weight excluding hydrogens is 518 g/mol. The fourth-order valence-electron chi connectivity index (χ4n) is 4.52. The van der Waals surface area contributed by atoms with Crippen molar-refractivity contribution in [1.29, 1.82) is 0 Å². The van der Waals surface area contributed by atoms with Gasteiger partial charge in [-0.05, 0) is 0 Å². The van der Waals surface area contributed by atoms with Crippen molar-refractivity contribution in [2.75, 3.05) is 0 Å². The normalized spacial score (nSPS) is 11.9. The van der Waals surface area contributed by atoms with Gasteiger partial charge in [-0.3, -0.25) is 9.13 Å². The Labute approximate surface area is 220 Å². The molecule has 0 radical (unpaired) electrons. The minimum atomic E-state index is -3.46. The molecule has 0 amide bonds. The van der Waals surface area contributed by atoms with E-state index in [9.17, 15) is 24.1 Å². The van der Waals surface area contributed by atoms with Crippen molar-refractivity contribution in [2.24, 2.45) is 0 Å². The maximum atomic E-state index is 14.5. The predicted octanol–water partition coefficient (Wildman–Crippen LogP) is 4.00. The molecule has 0 aliphatic heterocycles. The lowest BCUT2D eigenvalue weighted by Crippen LogP contribution is -2.30. The third-order valence-electron chi connectivity index (χ3n) is 6.55. The van der Waals surface area contributed by atoms with Crippen molar-refractivity contribution in [3.8, 4) is 11.8 Å². The van der Waals surface area contributed by atoms with Crippen LogP contribution in [-0.2, 0) is 21.7 Å². The van der Waals surface area contributed by atoms with E-state index >= 15 is 0 Å². The number of benzene rings is 4. The van der Waals surface area contributed by atoms with Crippen molar-refractivity contribution in [3.05, 3.63) is 132 Å². The Morgan fingerprint density at radius 2 is 0.711 bits per heavy atom. The van der Waals surface area contributed by atoms with Crippen LogP contribution in [0.2, 0.25) is 0 Å². The first kappa shape index (κ1) is 25.6. The molecule has 7 nitrogen and oxygen atoms in total. The number of hydrogen-bond donors (Lipinski definition) is 2. The predicted molar refractivity (Wildman–Crippen MR) is 152 cm³/mol. The maximum Gasteiger partial charge on any atom is 0.334 e. The first-order chi connectivity index (χ1) is 18.3. The van der Waals surface area contributed by atoms with Crippen LogP contribution >= 0.6 is 14.3 Å². The van der Waals surface area contributed by atoms with E-state index in [1.807, 2.05) is 0 Å². The first-order valence-electron chi connectivity index (χ1n) is 12.0. The van der Waals surface area contributed by atoms with Crippen LogP contribution in [0, 0.1) is 0 Å². The molecule has 0 saturated heterocycles. The number of nitrogens with zero attached hydrogens (tertiary/aromatic N) is 2. The molecule has 4 aromatic carbocycles. The van der Waals surface area contributed by atoms with Gasteiger partial charge < -0.3 is 19.3 Å². The van der Waals surface area contributed by atoms with E-state index < -0.39 is 31.7 Å². The molecule has 2 N–H and O–H groups in total. The summed E-state index contributed by atoms with van der Waals surface area (Å²) in [5.74, 6) is -1.45. The molecule has 0 spiro atoms. The van der Waals surface area contributed by atoms with E-state index in [1.165, 1.54) is 0 Å². The number of imidazole rings is 1. The smallest absolute Gasteiger partial charge is 0.334 e. The highest BCUT2D eigenvalue weighted by molar-refractivity contribution is 7.78. The summed E-state index contributed by atoms with van der Waals surface area (Å²) in [5, 5.41) is 23.8. The molecule has 5 rings (SSSR count). The zero-order chi connectivity index (χ0) is 26.8. The summed E-state index contributed by atoms with van der Waals surface area (Å²) < 4.78 is 30.8. The van der Waals surface area contributed by atoms with Gasteiger partial charge in [-0.15, -0.1) is 0 Å². The van der Waals surface area contributed by atoms with E-state index in [1.54, 1.807) is 121 Å². The molecule has 0 fully saturated rings. The highest BCUT2D eigenvalue weighted by Gasteiger charge is 2.35. The fraction of sp³-hybridized carbons (Fsp3) is 0.0690. The number of rotatable bonds is 8. The van der Waals surface area contributed by atoms with Crippen molar-refractivity contribution in [1.82, 2.24) is 9.13 Å². The molecule has 1 heterocycles. The third-order valence-corrected chi connectivity index (χ3v) is 12.4. The van der Waals surface area contributed by atoms with Gasteiger partial charge in [-0.25, -0.2) is 4.79 Å². The molecule has 1 aromatic heterocycles. The second-order valence-corrected chi connectivity index (χ2v) is 14.5. The van der Waals surface area contributed by atoms with Gasteiger partial charge in [0.2, 0.25) is 0 Å². The van der Waals surface area contributed by atoms with E-state index in [2.05, 4.69) is 0 Å². The van der Waals surface area contributed by atoms with Gasteiger partial charge >= 0.3 is 5.69 Å². The van der Waals surface area contributed by atoms with Gasteiger partial charge in [0, 0.05) is 21.2 Å². The molecular formula is C29H26N2O5P2. The van der Waals surface area contributed by atoms with Crippen LogP contribution in [0.5, 0.6) is 11.8 Å². The van der Waals surface area contributed by atoms with Gasteiger partial charge in [-0.2, -0.15) is 0 Å². The largest absolute Gasteiger partial charge is 0.491 e. The van der Waals surface area contributed by atoms with Crippen LogP contribution in [0.15, 0.2) is 126 Å². The molecule has 0 aliphatic carbocycles. The summed E-state index contributed by atoms with van der Waals surface area (Å²) >= 11 is 0. The minimum Gasteiger partial charge on any atom is -0.491 e. The first-order valence-corrected chi connectivity index (χ1v) is 15.7. The molecule has 9 heteroatoms. The third kappa shape index (κ3) is 4.56. The Kier molecular flexibility index (Phi) is 6.98. The van der Waals surface area contributed by atoms with Crippen LogP contribution in [0.4, 0.5) is 0 Å². The van der Waals surface area contributed by atoms with E-state index in [-0.39, 0.29) is 12.6 Å². The van der Waals surface area contributed by atoms with Crippen LogP contribution in [0.1, 0.15) is 0 Å². The monoisotopic (exact) mass is 544 g/mol. The van der Waals surface area contributed by atoms with Crippen molar-refractivity contribution >= 4 is 35.5 Å². The summed E-state index contributed by atoms with van der Waals surface area (Å²) in [7, 11) is -6.93. The van der Waals surface area contributed by atoms with Gasteiger partial charge in [0.1, 0.15) is 0 Å². The van der Waals surface area contributed by atoms with E-state index in [4.69, 9.17) is 0 Å². The summed E-state index contributed by atoms with van der Waals surface area (Å²) in [5.41, 5.74) is -0.806. The lowest BCUT2D eigenvalue weighted by molar-refractivity contribution is 0.362. The van der Waals surface area contributed by atoms with Crippen molar-refractivity contribution < 1.29 is 19.3 Å². The fourth-order valence-corrected chi connectivity index (χ4v) is 9.69. The summed E-state index contributed by atoms with van der Waals surface area (Å²) in [6, 6.07) is 35.0. The number of aromatic nitrogens is 2. The second kappa shape index (κ2) is 10.4. The topological polar surface area (TPSA) is 102 Å². The van der Waals surface area contributed by atoms with Crippen LogP contribution in [-0.4, -0.2) is 19.3 Å². The van der Waals surface area contributed by atoms with Gasteiger partial charge in [0.05, 0.1) is 12.6 Å². The van der Waals surface area contributed by atoms with Gasteiger partial charge in [-0.1, -0.05) is 121 Å². The highest BCUT2D eigenvalue weighted by atomic mass is 31.2. The Balaban J connectivity index is 1.63. The van der Waals surface area contributed by atoms with Crippen LogP contribution in [0.25, 0.3) is 0 Å². The van der Waals surface area contributed by atoms with E-state index in [0.717, 1.165) is 9.13 Å². The molecule has 0 atom stereocenters. The SMILES string of the molecule is O=c1n(CP(=O)(c2ccccc2)c2ccccc2)c(O)c(O)n1CP(=O)(c1ccccc1)c1ccccc1. The lowest BCUT2D eigenvalue weighted by atomic mass is 10.4. The van der Waals surface area contributed by atoms with Crippen LogP contribution in [0.3, 0.4) is 0 Å². The van der Waals surface area contributed by atoms with E-state index in [0.29, 0.717) is 21.2 Å². The number of hydrogen-bond acceptors (Lipinski definition) is 5. The second-order valence-electron chi connectivity index (χ2n) is 8.89. The molecule has 5 aromatic rings. The molecule has 0 unspecified atom stereocenters. The van der Waals surface area contributed by atoms with Gasteiger partial charge in [0.15, 0.2) is 14.3 Å². The molecule has 0 aliphatic rings. The minimum absolute atomic E-state index is 0.382. The summed E-state index contributed by atoms with van der Waals surface area (Å²) in [6.45, 7) is 0. The Morgan fingerprint density at radius 3 is 0.947 bits per heavy atom. The molecule has 38 heavy (non-hydrogen) atoms. The van der Waals surface area contributed by atoms with Crippen molar-refractivity contribution in [2.45, 2.75) is 12.6 Å². The number of aromatic hydroxyl groups is 2. The standard InChI is InChI=1S/C29H26N2O5P2/c32-27-28(33)31(22-38(36,25-17-9-3-10-18-25)26-19-11-4-12-20-26)29(34)30(27)21-37(35,23-13-5-1-6-14-23)24-15-7-2-8-16-24/h1-20,32-33H,21-22H2. The zero-order valence-electron chi connectivity index (χ0n) is 20.4. The summed E-state index contributed by atoms with van der Waals surface area (Å²) in [4.78, 5) is 13.7. The Bertz CT molecular complexity index is 1490. The molecule has 192 valence electrons. The van der Waals surface area contributed by atoms with Gasteiger partial charge in [0.25, 0.3) is 11.8 Å². The lowest BCUT2D eigenvalue weighted by Gasteiger charge is -2.20. The van der Waals surface area contributed by atoms with Crippen molar-refractivity contribution in [3.63, 3.8) is 0 Å².